The summed E-state index contributed by atoms with van der Waals surface area (Å²) in [6.45, 7) is 1.46. The first-order chi connectivity index (χ1) is 11.5. The van der Waals surface area contributed by atoms with Crippen molar-refractivity contribution in [1.29, 1.82) is 0 Å². The zero-order valence-corrected chi connectivity index (χ0v) is 12.8. The summed E-state index contributed by atoms with van der Waals surface area (Å²) < 4.78 is 5.15. The van der Waals surface area contributed by atoms with Crippen LogP contribution in [0.2, 0.25) is 0 Å². The summed E-state index contributed by atoms with van der Waals surface area (Å²) in [7, 11) is 0. The molecule has 1 aliphatic rings. The van der Waals surface area contributed by atoms with E-state index in [0.717, 1.165) is 24.0 Å². The van der Waals surface area contributed by atoms with E-state index in [9.17, 15) is 19.7 Å². The zero-order valence-electron chi connectivity index (χ0n) is 12.8. The topological polar surface area (TPSA) is 118 Å². The number of nitrogens with one attached hydrogen (secondary N) is 1. The molecule has 2 heterocycles. The number of para-hydroxylation sites is 1. The van der Waals surface area contributed by atoms with Crippen LogP contribution < -0.4 is 15.2 Å². The number of nitrogens with zero attached hydrogens (tertiary/aromatic N) is 3. The average Bonchev–Trinajstić information content (AvgIpc) is 2.88. The summed E-state index contributed by atoms with van der Waals surface area (Å²) in [5.74, 6) is -0.832. The predicted octanol–water partition coefficient (Wildman–Crippen LogP) is 1.03. The first-order valence-corrected chi connectivity index (χ1v) is 7.24. The van der Waals surface area contributed by atoms with E-state index < -0.39 is 28.7 Å². The second kappa shape index (κ2) is 6.11. The molecule has 0 fully saturated rings. The number of anilines is 1. The lowest BCUT2D eigenvalue weighted by molar-refractivity contribution is -0.387. The largest absolute Gasteiger partial charge is 0.462 e. The molecule has 0 bridgehead atoms. The minimum Gasteiger partial charge on any atom is -0.462 e. The monoisotopic (exact) mass is 330 g/mol. The highest BCUT2D eigenvalue weighted by Crippen LogP contribution is 2.31. The molecule has 0 unspecified atom stereocenters. The highest BCUT2D eigenvalue weighted by atomic mass is 16.6. The number of rotatable bonds is 4. The van der Waals surface area contributed by atoms with E-state index in [2.05, 4.69) is 9.97 Å². The van der Waals surface area contributed by atoms with Gasteiger partial charge in [-0.3, -0.25) is 19.7 Å². The summed E-state index contributed by atoms with van der Waals surface area (Å²) in [6, 6.07) is 7.48. The van der Waals surface area contributed by atoms with E-state index in [4.69, 9.17) is 4.74 Å². The van der Waals surface area contributed by atoms with Gasteiger partial charge in [0, 0.05) is 11.7 Å². The van der Waals surface area contributed by atoms with Gasteiger partial charge in [-0.25, -0.2) is 0 Å². The molecule has 124 valence electrons. The van der Waals surface area contributed by atoms with Crippen molar-refractivity contribution in [3.8, 4) is 5.88 Å². The number of carbonyl (C=O) groups is 1. The lowest BCUT2D eigenvalue weighted by atomic mass is 10.1. The van der Waals surface area contributed by atoms with Gasteiger partial charge in [0.2, 0.25) is 0 Å². The molecule has 1 aromatic carbocycles. The summed E-state index contributed by atoms with van der Waals surface area (Å²) in [5.41, 5.74) is 0.100. The normalized spacial score (nSPS) is 15.9. The third kappa shape index (κ3) is 2.71. The molecule has 1 aliphatic heterocycles. The quantitative estimate of drug-likeness (QED) is 0.661. The predicted molar refractivity (Wildman–Crippen MR) is 84.1 cm³/mol. The fourth-order valence-corrected chi connectivity index (χ4v) is 2.79. The van der Waals surface area contributed by atoms with E-state index in [1.54, 1.807) is 4.90 Å². The van der Waals surface area contributed by atoms with E-state index >= 15 is 0 Å². The Morgan fingerprint density at radius 2 is 2.25 bits per heavy atom. The van der Waals surface area contributed by atoms with Gasteiger partial charge < -0.3 is 14.6 Å². The summed E-state index contributed by atoms with van der Waals surface area (Å²) in [5, 5.41) is 10.9. The number of amides is 1. The average molecular weight is 330 g/mol. The van der Waals surface area contributed by atoms with Crippen molar-refractivity contribution in [2.75, 3.05) is 11.5 Å². The molecule has 9 heteroatoms. The Bertz CT molecular complexity index is 863. The first-order valence-electron chi connectivity index (χ1n) is 7.24. The summed E-state index contributed by atoms with van der Waals surface area (Å²) in [4.78, 5) is 41.3. The molecule has 1 N–H and O–H groups in total. The number of hydrogen-bond acceptors (Lipinski definition) is 6. The Morgan fingerprint density at radius 1 is 1.50 bits per heavy atom. The maximum Gasteiger partial charge on any atom is 0.395 e. The third-order valence-corrected chi connectivity index (χ3v) is 3.79. The molecule has 0 spiro atoms. The Kier molecular flexibility index (Phi) is 3.98. The van der Waals surface area contributed by atoms with Crippen molar-refractivity contribution in [3.63, 3.8) is 0 Å². The van der Waals surface area contributed by atoms with Crippen molar-refractivity contribution < 1.29 is 14.5 Å². The maximum absolute atomic E-state index is 12.5. The Morgan fingerprint density at radius 3 is 3.00 bits per heavy atom. The van der Waals surface area contributed by atoms with Gasteiger partial charge in [-0.1, -0.05) is 18.2 Å². The van der Waals surface area contributed by atoms with Crippen LogP contribution in [0.1, 0.15) is 12.5 Å². The number of carbonyl (C=O) groups excluding carboxylic acids is 1. The van der Waals surface area contributed by atoms with Crippen molar-refractivity contribution in [3.05, 3.63) is 56.6 Å². The molecule has 0 saturated heterocycles. The molecule has 9 nitrogen and oxygen atoms in total. The fraction of sp³-hybridized carbons (Fsp3) is 0.267. The van der Waals surface area contributed by atoms with Crippen LogP contribution in [0.5, 0.6) is 5.88 Å². The van der Waals surface area contributed by atoms with Gasteiger partial charge in [0.15, 0.2) is 6.61 Å². The molecule has 1 aromatic heterocycles. The van der Waals surface area contributed by atoms with Gasteiger partial charge in [0.25, 0.3) is 5.91 Å². The molecule has 1 atom stereocenters. The molecule has 0 aliphatic carbocycles. The van der Waals surface area contributed by atoms with Gasteiger partial charge in [-0.15, -0.1) is 0 Å². The van der Waals surface area contributed by atoms with Gasteiger partial charge in [0.1, 0.15) is 0 Å². The first kappa shape index (κ1) is 15.7. The molecular weight excluding hydrogens is 316 g/mol. The van der Waals surface area contributed by atoms with E-state index in [-0.39, 0.29) is 11.9 Å². The van der Waals surface area contributed by atoms with Crippen LogP contribution >= 0.6 is 0 Å². The van der Waals surface area contributed by atoms with Crippen LogP contribution in [0, 0.1) is 10.1 Å². The minimum atomic E-state index is -0.933. The molecule has 3 rings (SSSR count). The Balaban J connectivity index is 1.79. The van der Waals surface area contributed by atoms with Crippen molar-refractivity contribution in [1.82, 2.24) is 9.97 Å². The summed E-state index contributed by atoms with van der Waals surface area (Å²) >= 11 is 0. The van der Waals surface area contributed by atoms with Gasteiger partial charge in [-0.2, -0.15) is 4.98 Å². The Labute approximate surface area is 136 Å². The zero-order chi connectivity index (χ0) is 17.3. The third-order valence-electron chi connectivity index (χ3n) is 3.79. The van der Waals surface area contributed by atoms with Crippen LogP contribution in [0.15, 0.2) is 35.4 Å². The minimum absolute atomic E-state index is 0.0411. The molecule has 2 aromatic rings. The number of ether oxygens (including phenoxy) is 1. The number of aromatic nitrogens is 2. The van der Waals surface area contributed by atoms with Crippen molar-refractivity contribution in [2.45, 2.75) is 19.4 Å². The van der Waals surface area contributed by atoms with E-state index in [1.165, 1.54) is 0 Å². The van der Waals surface area contributed by atoms with Gasteiger partial charge in [-0.05, 0) is 25.0 Å². The number of benzene rings is 1. The molecule has 0 saturated carbocycles. The fourth-order valence-electron chi connectivity index (χ4n) is 2.79. The highest BCUT2D eigenvalue weighted by Gasteiger charge is 2.31. The number of fused-ring (bicyclic) bond motifs is 1. The SMILES string of the molecule is C[C@H]1Cc2ccccc2N1C(=O)COc1nc[nH]c(=O)c1[N+](=O)[O-]. The molecule has 0 radical (unpaired) electrons. The van der Waals surface area contributed by atoms with E-state index in [1.807, 2.05) is 31.2 Å². The van der Waals surface area contributed by atoms with Crippen molar-refractivity contribution >= 4 is 17.3 Å². The van der Waals surface area contributed by atoms with E-state index in [0.29, 0.717) is 0 Å². The van der Waals surface area contributed by atoms with Crippen molar-refractivity contribution in [2.24, 2.45) is 0 Å². The number of nitro groups is 1. The molecule has 1 amide bonds. The number of H-pyrrole nitrogens is 1. The summed E-state index contributed by atoms with van der Waals surface area (Å²) in [6.07, 6.45) is 1.72. The smallest absolute Gasteiger partial charge is 0.395 e. The Hall–Kier alpha value is -3.23. The standard InChI is InChI=1S/C15H14N4O5/c1-9-6-10-4-2-3-5-11(10)18(9)12(20)7-24-15-13(19(22)23)14(21)16-8-17-15/h2-5,8-9H,6-7H2,1H3,(H,16,17,21)/t9-/m0/s1. The molecular formula is C15H14N4O5. The van der Waals surface area contributed by atoms with Crippen LogP contribution in [0.3, 0.4) is 0 Å². The molecule has 24 heavy (non-hydrogen) atoms. The lowest BCUT2D eigenvalue weighted by Crippen LogP contribution is -2.39. The van der Waals surface area contributed by atoms with Crippen LogP contribution in [0.4, 0.5) is 11.4 Å². The number of aromatic amines is 1. The second-order valence-electron chi connectivity index (χ2n) is 5.38. The van der Waals surface area contributed by atoms with Crippen LogP contribution in [-0.4, -0.2) is 33.4 Å². The highest BCUT2D eigenvalue weighted by molar-refractivity contribution is 5.97. The van der Waals surface area contributed by atoms with Gasteiger partial charge in [0.05, 0.1) is 11.3 Å². The maximum atomic E-state index is 12.5. The number of hydrogen-bond donors (Lipinski definition) is 1. The lowest BCUT2D eigenvalue weighted by Gasteiger charge is -2.22. The van der Waals surface area contributed by atoms with Crippen LogP contribution in [-0.2, 0) is 11.2 Å². The van der Waals surface area contributed by atoms with Crippen LogP contribution in [0.25, 0.3) is 0 Å². The van der Waals surface area contributed by atoms with Gasteiger partial charge >= 0.3 is 17.1 Å². The second-order valence-corrected chi connectivity index (χ2v) is 5.38.